The molecule has 16 nitrogen and oxygen atoms in total. The second kappa shape index (κ2) is 16.4. The van der Waals surface area contributed by atoms with E-state index in [2.05, 4.69) is 30.6 Å². The molecular weight excluding hydrogens is 704 g/mol. The second-order valence-corrected chi connectivity index (χ2v) is 14.0. The lowest BCUT2D eigenvalue weighted by Crippen LogP contribution is -2.27. The molecule has 0 spiro atoms. The van der Waals surface area contributed by atoms with Gasteiger partial charge in [0.15, 0.2) is 0 Å². The van der Waals surface area contributed by atoms with Gasteiger partial charge in [-0.2, -0.15) is 0 Å². The van der Waals surface area contributed by atoms with E-state index in [0.29, 0.717) is 99.9 Å². The first-order valence-electron chi connectivity index (χ1n) is 18.0. The number of methoxy groups -OCH3 is 1. The maximum atomic E-state index is 13.1. The number of anilines is 2. The van der Waals surface area contributed by atoms with Crippen molar-refractivity contribution in [1.82, 2.24) is 39.0 Å². The Hall–Kier alpha value is -5.68. The fourth-order valence-corrected chi connectivity index (χ4v) is 5.92. The number of nitrogens with zero attached hydrogens (tertiary/aromatic N) is 8. The fraction of sp³-hybridized carbons (Fsp3) is 0.385. The van der Waals surface area contributed by atoms with E-state index < -0.39 is 11.4 Å². The molecule has 0 aromatic carbocycles. The topological polar surface area (TPSA) is 204 Å². The van der Waals surface area contributed by atoms with Gasteiger partial charge in [0, 0.05) is 64.4 Å². The molecule has 6 rings (SSSR count). The largest absolute Gasteiger partial charge is 0.385 e. The van der Waals surface area contributed by atoms with Gasteiger partial charge < -0.3 is 39.5 Å². The smallest absolute Gasteiger partial charge is 0.264 e. The Morgan fingerprint density at radius 3 is 1.67 bits per heavy atom. The molecular formula is C39H46N10O6. The monoisotopic (exact) mass is 750 g/mol. The van der Waals surface area contributed by atoms with Gasteiger partial charge in [0.05, 0.1) is 53.1 Å². The number of fused-ring (bicyclic) bond motifs is 2. The zero-order valence-corrected chi connectivity index (χ0v) is 31.8. The third-order valence-corrected chi connectivity index (χ3v) is 9.09. The third kappa shape index (κ3) is 8.84. The first-order valence-corrected chi connectivity index (χ1v) is 18.0. The Labute approximate surface area is 317 Å². The standard InChI is InChI=1S/C39H46N10O6/c1-38(2,52)30-12-10-24(20-42-30)26-18-28-32(36(50)48(4)22-44-28)34(46-26)40-14-7-8-17-55-39(3,53)31-13-11-25(21-43-31)27-19-29-33(37(51)49(5)23-45-29)35(47-27)41-15-9-16-54-6/h10-13,18-23,52-53H,7-9,14-17H2,1-6H3,(H,40,46)(H,41,47). The summed E-state index contributed by atoms with van der Waals surface area (Å²) in [6, 6.07) is 10.5. The minimum atomic E-state index is -1.66. The van der Waals surface area contributed by atoms with Crippen LogP contribution in [-0.4, -0.2) is 82.7 Å². The van der Waals surface area contributed by atoms with Gasteiger partial charge in [-0.1, -0.05) is 0 Å². The van der Waals surface area contributed by atoms with Crippen molar-refractivity contribution in [1.29, 1.82) is 0 Å². The average molecular weight is 751 g/mol. The molecule has 0 saturated heterocycles. The highest BCUT2D eigenvalue weighted by atomic mass is 16.6. The number of aliphatic hydroxyl groups is 2. The molecule has 6 aromatic heterocycles. The summed E-state index contributed by atoms with van der Waals surface area (Å²) in [5.41, 5.74) is 2.86. The molecule has 1 unspecified atom stereocenters. The third-order valence-electron chi connectivity index (χ3n) is 9.09. The van der Waals surface area contributed by atoms with Crippen molar-refractivity contribution in [3.63, 3.8) is 0 Å². The summed E-state index contributed by atoms with van der Waals surface area (Å²) in [5.74, 6) is -0.834. The molecule has 0 aliphatic carbocycles. The molecule has 0 fully saturated rings. The van der Waals surface area contributed by atoms with E-state index in [1.165, 1.54) is 28.7 Å². The van der Waals surface area contributed by atoms with E-state index in [1.807, 2.05) is 6.07 Å². The molecule has 6 heterocycles. The van der Waals surface area contributed by atoms with Crippen molar-refractivity contribution in [2.24, 2.45) is 14.1 Å². The Bertz CT molecular complexity index is 2410. The lowest BCUT2D eigenvalue weighted by atomic mass is 10.0. The van der Waals surface area contributed by atoms with Crippen LogP contribution in [0, 0.1) is 0 Å². The zero-order chi connectivity index (χ0) is 39.3. The van der Waals surface area contributed by atoms with Gasteiger partial charge in [-0.3, -0.25) is 19.6 Å². The molecule has 288 valence electrons. The summed E-state index contributed by atoms with van der Waals surface area (Å²) in [6.45, 7) is 6.71. The second-order valence-electron chi connectivity index (χ2n) is 14.0. The highest BCUT2D eigenvalue weighted by Crippen LogP contribution is 2.29. The van der Waals surface area contributed by atoms with Crippen molar-refractivity contribution >= 4 is 33.4 Å². The Balaban J connectivity index is 1.09. The summed E-state index contributed by atoms with van der Waals surface area (Å²) in [6.07, 6.45) is 8.15. The van der Waals surface area contributed by atoms with Crippen LogP contribution in [0.2, 0.25) is 0 Å². The van der Waals surface area contributed by atoms with Gasteiger partial charge >= 0.3 is 0 Å². The molecule has 6 aromatic rings. The molecule has 0 amide bonds. The number of pyridine rings is 4. The number of aryl methyl sites for hydroxylation is 2. The van der Waals surface area contributed by atoms with Crippen LogP contribution in [-0.2, 0) is 35.0 Å². The van der Waals surface area contributed by atoms with Crippen molar-refractivity contribution in [3.05, 3.63) is 93.5 Å². The number of nitrogens with one attached hydrogen (secondary N) is 2. The minimum absolute atomic E-state index is 0.207. The van der Waals surface area contributed by atoms with Gasteiger partial charge in [-0.05, 0) is 76.4 Å². The van der Waals surface area contributed by atoms with Crippen LogP contribution in [0.4, 0.5) is 11.6 Å². The number of aromatic nitrogens is 8. The molecule has 16 heteroatoms. The molecule has 0 bridgehead atoms. The molecule has 0 radical (unpaired) electrons. The van der Waals surface area contributed by atoms with E-state index in [-0.39, 0.29) is 17.7 Å². The number of ether oxygens (including phenoxy) is 2. The van der Waals surface area contributed by atoms with E-state index in [4.69, 9.17) is 19.4 Å². The van der Waals surface area contributed by atoms with Crippen LogP contribution in [0.1, 0.15) is 51.4 Å². The maximum absolute atomic E-state index is 13.1. The number of hydrogen-bond acceptors (Lipinski definition) is 14. The van der Waals surface area contributed by atoms with Crippen LogP contribution in [0.15, 0.2) is 71.0 Å². The lowest BCUT2D eigenvalue weighted by Gasteiger charge is -2.23. The predicted octanol–water partition coefficient (Wildman–Crippen LogP) is 3.84. The molecule has 0 saturated carbocycles. The first-order chi connectivity index (χ1) is 26.3. The van der Waals surface area contributed by atoms with Gasteiger partial charge in [0.25, 0.3) is 11.1 Å². The minimum Gasteiger partial charge on any atom is -0.385 e. The van der Waals surface area contributed by atoms with Crippen molar-refractivity contribution in [3.8, 4) is 22.5 Å². The highest BCUT2D eigenvalue weighted by molar-refractivity contribution is 5.92. The number of unbranched alkanes of at least 4 members (excludes halogenated alkanes) is 1. The first kappa shape index (κ1) is 39.0. The SMILES string of the molecule is COCCCNc1nc(-c2ccc(C(C)(O)OCCCCNc3nc(-c4ccc(C(C)(C)O)nc4)cc4ncn(C)c(=O)c34)nc2)cc2ncn(C)c(=O)c12. The Kier molecular flexibility index (Phi) is 11.6. The van der Waals surface area contributed by atoms with Crippen molar-refractivity contribution in [2.45, 2.75) is 51.4 Å². The lowest BCUT2D eigenvalue weighted by molar-refractivity contribution is -0.201. The van der Waals surface area contributed by atoms with Crippen LogP contribution in [0.25, 0.3) is 44.3 Å². The van der Waals surface area contributed by atoms with Crippen LogP contribution in [0.3, 0.4) is 0 Å². The van der Waals surface area contributed by atoms with E-state index >= 15 is 0 Å². The molecule has 55 heavy (non-hydrogen) atoms. The van der Waals surface area contributed by atoms with Gasteiger partial charge in [0.2, 0.25) is 5.79 Å². The van der Waals surface area contributed by atoms with E-state index in [1.54, 1.807) is 77.8 Å². The van der Waals surface area contributed by atoms with E-state index in [0.717, 1.165) is 6.42 Å². The predicted molar refractivity (Wildman–Crippen MR) is 209 cm³/mol. The highest BCUT2D eigenvalue weighted by Gasteiger charge is 2.26. The molecule has 0 aliphatic rings. The summed E-state index contributed by atoms with van der Waals surface area (Å²) < 4.78 is 13.8. The zero-order valence-electron chi connectivity index (χ0n) is 31.8. The van der Waals surface area contributed by atoms with Gasteiger partial charge in [0.1, 0.15) is 28.0 Å². The average Bonchev–Trinajstić information content (AvgIpc) is 3.17. The number of rotatable bonds is 16. The van der Waals surface area contributed by atoms with Crippen LogP contribution >= 0.6 is 0 Å². The Morgan fingerprint density at radius 2 is 1.20 bits per heavy atom. The Morgan fingerprint density at radius 1 is 0.691 bits per heavy atom. The van der Waals surface area contributed by atoms with Gasteiger partial charge in [-0.15, -0.1) is 0 Å². The molecule has 4 N–H and O–H groups in total. The fourth-order valence-electron chi connectivity index (χ4n) is 5.92. The van der Waals surface area contributed by atoms with Crippen molar-refractivity contribution in [2.75, 3.05) is 44.0 Å². The quantitative estimate of drug-likeness (QED) is 0.0820. The summed E-state index contributed by atoms with van der Waals surface area (Å²) in [7, 11) is 4.92. The summed E-state index contributed by atoms with van der Waals surface area (Å²) in [5, 5.41) is 28.8. The van der Waals surface area contributed by atoms with Crippen molar-refractivity contribution < 1.29 is 19.7 Å². The summed E-state index contributed by atoms with van der Waals surface area (Å²) in [4.78, 5) is 53.4. The molecule has 0 aliphatic heterocycles. The van der Waals surface area contributed by atoms with Crippen LogP contribution in [0.5, 0.6) is 0 Å². The normalized spacial score (nSPS) is 12.9. The number of hydrogen-bond donors (Lipinski definition) is 4. The van der Waals surface area contributed by atoms with Gasteiger partial charge in [-0.25, -0.2) is 19.9 Å². The van der Waals surface area contributed by atoms with E-state index in [9.17, 15) is 19.8 Å². The molecule has 1 atom stereocenters. The summed E-state index contributed by atoms with van der Waals surface area (Å²) >= 11 is 0. The maximum Gasteiger partial charge on any atom is 0.264 e. The van der Waals surface area contributed by atoms with Crippen LogP contribution < -0.4 is 21.8 Å².